The number of nitrogens with zero attached hydrogens (tertiary/aromatic N) is 2. The zero-order valence-electron chi connectivity index (χ0n) is 11.6. The Hall–Kier alpha value is -2.90. The molecule has 0 saturated heterocycles. The Kier molecular flexibility index (Phi) is 5.41. The van der Waals surface area contributed by atoms with Gasteiger partial charge in [-0.2, -0.15) is 0 Å². The number of benzene rings is 1. The molecular weight excluding hydrogens is 280 g/mol. The third-order valence-electron chi connectivity index (χ3n) is 2.50. The Labute approximate surface area is 120 Å². The number of ether oxygens (including phenoxy) is 2. The van der Waals surface area contributed by atoms with Crippen LogP contribution in [0.2, 0.25) is 0 Å². The fraction of sp³-hybridized carbons (Fsp3) is 0.231. The minimum atomic E-state index is -0.962. The minimum Gasteiger partial charge on any atom is -0.465 e. The van der Waals surface area contributed by atoms with Gasteiger partial charge in [-0.3, -0.25) is 10.1 Å². The van der Waals surface area contributed by atoms with Gasteiger partial charge in [0.15, 0.2) is 11.3 Å². The average Bonchev–Trinajstić information content (AvgIpc) is 2.46. The summed E-state index contributed by atoms with van der Waals surface area (Å²) in [6.45, 7) is 3.70. The average molecular weight is 294 g/mol. The first-order chi connectivity index (χ1) is 9.92. The van der Waals surface area contributed by atoms with Gasteiger partial charge in [-0.05, 0) is 6.07 Å². The first-order valence-corrected chi connectivity index (χ1v) is 5.82. The summed E-state index contributed by atoms with van der Waals surface area (Å²) in [4.78, 5) is 34.9. The zero-order valence-corrected chi connectivity index (χ0v) is 11.6. The topological polar surface area (TPSA) is 99.0 Å². The maximum Gasteiger partial charge on any atom is 0.415 e. The van der Waals surface area contributed by atoms with E-state index >= 15 is 0 Å². The Balaban J connectivity index is 3.20. The summed E-state index contributed by atoms with van der Waals surface area (Å²) in [6.07, 6.45) is 0.705. The summed E-state index contributed by atoms with van der Waals surface area (Å²) in [5, 5.41) is 11.0. The van der Waals surface area contributed by atoms with Gasteiger partial charge in [0.25, 0.3) is 5.69 Å². The summed E-state index contributed by atoms with van der Waals surface area (Å²) in [6, 6.07) is 3.70. The highest BCUT2D eigenvalue weighted by atomic mass is 16.6. The molecule has 1 rings (SSSR count). The van der Waals surface area contributed by atoms with Gasteiger partial charge in [0.2, 0.25) is 0 Å². The van der Waals surface area contributed by atoms with Gasteiger partial charge in [0, 0.05) is 19.7 Å². The minimum absolute atomic E-state index is 0.224. The number of likely N-dealkylation sites (N-methyl/N-ethyl adjacent to an activating group) is 1. The third kappa shape index (κ3) is 3.78. The van der Waals surface area contributed by atoms with Crippen molar-refractivity contribution in [2.45, 2.75) is 0 Å². The molecule has 0 aliphatic carbocycles. The number of methoxy groups -OCH3 is 1. The number of carbonyl (C=O) groups excluding carboxylic acids is 2. The van der Waals surface area contributed by atoms with Crippen molar-refractivity contribution in [2.75, 3.05) is 20.7 Å². The summed E-state index contributed by atoms with van der Waals surface area (Å²) in [7, 11) is 2.54. The molecule has 21 heavy (non-hydrogen) atoms. The van der Waals surface area contributed by atoms with Crippen LogP contribution in [0.1, 0.15) is 10.4 Å². The molecule has 0 N–H and O–H groups in total. The van der Waals surface area contributed by atoms with E-state index in [1.165, 1.54) is 30.2 Å². The van der Waals surface area contributed by atoms with Crippen LogP contribution in [0.3, 0.4) is 0 Å². The smallest absolute Gasteiger partial charge is 0.415 e. The summed E-state index contributed by atoms with van der Waals surface area (Å²) in [5.74, 6) is -1.20. The fourth-order valence-corrected chi connectivity index (χ4v) is 1.50. The molecule has 0 radical (unpaired) electrons. The van der Waals surface area contributed by atoms with Crippen LogP contribution in [-0.4, -0.2) is 42.6 Å². The van der Waals surface area contributed by atoms with Gasteiger partial charge >= 0.3 is 12.1 Å². The summed E-state index contributed by atoms with van der Waals surface area (Å²) >= 11 is 0. The van der Waals surface area contributed by atoms with Crippen LogP contribution in [-0.2, 0) is 4.74 Å². The molecule has 112 valence electrons. The van der Waals surface area contributed by atoms with E-state index in [0.717, 1.165) is 13.2 Å². The normalized spacial score (nSPS) is 9.62. The number of esters is 1. The molecule has 1 aromatic carbocycles. The van der Waals surface area contributed by atoms with Crippen LogP contribution in [0, 0.1) is 10.1 Å². The van der Waals surface area contributed by atoms with Gasteiger partial charge in [0.05, 0.1) is 12.0 Å². The number of rotatable bonds is 5. The highest BCUT2D eigenvalue weighted by molar-refractivity contribution is 5.97. The van der Waals surface area contributed by atoms with Gasteiger partial charge < -0.3 is 14.4 Å². The van der Waals surface area contributed by atoms with E-state index in [2.05, 4.69) is 11.3 Å². The Bertz CT molecular complexity index is 584. The molecule has 0 saturated carbocycles. The Morgan fingerprint density at radius 1 is 1.48 bits per heavy atom. The molecule has 0 aromatic heterocycles. The number of hydrogen-bond acceptors (Lipinski definition) is 6. The van der Waals surface area contributed by atoms with Crippen LogP contribution < -0.4 is 4.74 Å². The molecule has 8 nitrogen and oxygen atoms in total. The molecule has 0 fully saturated rings. The number of carbonyl (C=O) groups is 2. The maximum absolute atomic E-state index is 11.8. The molecule has 0 spiro atoms. The predicted molar refractivity (Wildman–Crippen MR) is 73.3 cm³/mol. The lowest BCUT2D eigenvalue weighted by Crippen LogP contribution is -2.30. The van der Waals surface area contributed by atoms with E-state index in [0.29, 0.717) is 0 Å². The van der Waals surface area contributed by atoms with E-state index in [1.807, 2.05) is 0 Å². The molecule has 0 unspecified atom stereocenters. The predicted octanol–water partition coefficient (Wildman–Crippen LogP) is 2.00. The van der Waals surface area contributed by atoms with Crippen LogP contribution in [0.15, 0.2) is 30.9 Å². The quantitative estimate of drug-likeness (QED) is 0.356. The Morgan fingerprint density at radius 2 is 2.14 bits per heavy atom. The number of amides is 1. The molecule has 0 aliphatic rings. The molecular formula is C13H14N2O6. The molecule has 1 amide bonds. The van der Waals surface area contributed by atoms with Crippen molar-refractivity contribution in [1.29, 1.82) is 0 Å². The van der Waals surface area contributed by atoms with E-state index in [-0.39, 0.29) is 12.3 Å². The lowest BCUT2D eigenvalue weighted by Gasteiger charge is -2.15. The van der Waals surface area contributed by atoms with Crippen LogP contribution >= 0.6 is 0 Å². The standard InChI is InChI=1S/C13H14N2O6/c1-4-8-14(2)13(17)21-10-7-5-6-9(15(18)19)11(10)12(16)20-3/h4-7H,1,8H2,2-3H3. The second kappa shape index (κ2) is 7.04. The summed E-state index contributed by atoms with van der Waals surface area (Å²) < 4.78 is 9.50. The van der Waals surface area contributed by atoms with Crippen molar-refractivity contribution in [3.05, 3.63) is 46.5 Å². The van der Waals surface area contributed by atoms with E-state index in [4.69, 9.17) is 4.74 Å². The van der Waals surface area contributed by atoms with E-state index < -0.39 is 28.2 Å². The molecule has 0 bridgehead atoms. The number of nitro benzene ring substituents is 1. The monoisotopic (exact) mass is 294 g/mol. The van der Waals surface area contributed by atoms with Gasteiger partial charge in [-0.1, -0.05) is 12.1 Å². The Morgan fingerprint density at radius 3 is 2.67 bits per heavy atom. The van der Waals surface area contributed by atoms with Crippen LogP contribution in [0.25, 0.3) is 0 Å². The fourth-order valence-electron chi connectivity index (χ4n) is 1.50. The van der Waals surface area contributed by atoms with Gasteiger partial charge in [-0.25, -0.2) is 9.59 Å². The SMILES string of the molecule is C=CCN(C)C(=O)Oc1cccc([N+](=O)[O-])c1C(=O)OC. The van der Waals surface area contributed by atoms with Crippen molar-refractivity contribution in [2.24, 2.45) is 0 Å². The maximum atomic E-state index is 11.8. The van der Waals surface area contributed by atoms with Crippen molar-refractivity contribution in [1.82, 2.24) is 4.90 Å². The van der Waals surface area contributed by atoms with Crippen LogP contribution in [0.5, 0.6) is 5.75 Å². The highest BCUT2D eigenvalue weighted by Gasteiger charge is 2.27. The molecule has 8 heteroatoms. The summed E-state index contributed by atoms with van der Waals surface area (Å²) in [5.41, 5.74) is -0.913. The third-order valence-corrected chi connectivity index (χ3v) is 2.50. The largest absolute Gasteiger partial charge is 0.465 e. The number of nitro groups is 1. The van der Waals surface area contributed by atoms with Gasteiger partial charge in [-0.15, -0.1) is 6.58 Å². The lowest BCUT2D eigenvalue weighted by molar-refractivity contribution is -0.385. The van der Waals surface area contributed by atoms with E-state index in [1.54, 1.807) is 0 Å². The van der Waals surface area contributed by atoms with Crippen LogP contribution in [0.4, 0.5) is 10.5 Å². The van der Waals surface area contributed by atoms with Crippen molar-refractivity contribution in [3.63, 3.8) is 0 Å². The first-order valence-electron chi connectivity index (χ1n) is 5.82. The zero-order chi connectivity index (χ0) is 16.0. The lowest BCUT2D eigenvalue weighted by atomic mass is 10.1. The van der Waals surface area contributed by atoms with E-state index in [9.17, 15) is 19.7 Å². The van der Waals surface area contributed by atoms with Gasteiger partial charge in [0.1, 0.15) is 0 Å². The number of hydrogen-bond donors (Lipinski definition) is 0. The van der Waals surface area contributed by atoms with Crippen molar-refractivity contribution < 1.29 is 24.0 Å². The second-order valence-corrected chi connectivity index (χ2v) is 3.94. The highest BCUT2D eigenvalue weighted by Crippen LogP contribution is 2.29. The van der Waals surface area contributed by atoms with Crippen molar-refractivity contribution in [3.8, 4) is 5.75 Å². The first kappa shape index (κ1) is 16.2. The van der Waals surface area contributed by atoms with Crippen molar-refractivity contribution >= 4 is 17.7 Å². The molecule has 1 aromatic rings. The molecule has 0 heterocycles. The second-order valence-electron chi connectivity index (χ2n) is 3.94. The molecule has 0 atom stereocenters. The molecule has 0 aliphatic heterocycles.